The summed E-state index contributed by atoms with van der Waals surface area (Å²) in [6.45, 7) is -3.13. The van der Waals surface area contributed by atoms with Crippen LogP contribution in [0.1, 0.15) is 16.5 Å². The van der Waals surface area contributed by atoms with Gasteiger partial charge in [0.15, 0.2) is 0 Å². The van der Waals surface area contributed by atoms with Gasteiger partial charge in [-0.3, -0.25) is 4.79 Å². The number of alkyl halides is 2. The summed E-state index contributed by atoms with van der Waals surface area (Å²) in [5.41, 5.74) is -0.218. The Hall–Kier alpha value is -2.60. The maximum atomic E-state index is 14.5. The van der Waals surface area contributed by atoms with Crippen molar-refractivity contribution in [2.24, 2.45) is 0 Å². The van der Waals surface area contributed by atoms with Crippen LogP contribution in [0, 0.1) is 11.6 Å². The molecule has 1 aliphatic rings. The highest BCUT2D eigenvalue weighted by Crippen LogP contribution is 2.35. The van der Waals surface area contributed by atoms with Crippen LogP contribution in [0.5, 0.6) is 5.19 Å². The van der Waals surface area contributed by atoms with Gasteiger partial charge in [-0.15, -0.1) is 0 Å². The van der Waals surface area contributed by atoms with Gasteiger partial charge in [0.1, 0.15) is 22.7 Å². The number of thiazole rings is 1. The van der Waals surface area contributed by atoms with Crippen molar-refractivity contribution in [2.75, 3.05) is 6.54 Å². The minimum atomic E-state index is -3.12. The summed E-state index contributed by atoms with van der Waals surface area (Å²) in [4.78, 5) is 27.4. The number of hydrogen-bond donors (Lipinski definition) is 3. The van der Waals surface area contributed by atoms with Crippen LogP contribution in [0.25, 0.3) is 0 Å². The Morgan fingerprint density at radius 3 is 2.79 bits per heavy atom. The van der Waals surface area contributed by atoms with E-state index in [1.54, 1.807) is 0 Å². The Bertz CT molecular complexity index is 913. The van der Waals surface area contributed by atoms with Crippen LogP contribution in [-0.4, -0.2) is 36.1 Å². The molecule has 1 fully saturated rings. The van der Waals surface area contributed by atoms with Crippen LogP contribution in [-0.2, 0) is 4.79 Å². The molecule has 1 aromatic heterocycles. The van der Waals surface area contributed by atoms with Gasteiger partial charge in [0, 0.05) is 18.3 Å². The van der Waals surface area contributed by atoms with Crippen LogP contribution in [0.4, 0.5) is 22.4 Å². The summed E-state index contributed by atoms with van der Waals surface area (Å²) in [6, 6.07) is -0.788. The molecule has 0 radical (unpaired) electrons. The van der Waals surface area contributed by atoms with Gasteiger partial charge in [0.25, 0.3) is 5.19 Å². The van der Waals surface area contributed by atoms with Crippen LogP contribution < -0.4 is 20.7 Å². The van der Waals surface area contributed by atoms with Crippen molar-refractivity contribution < 1.29 is 31.9 Å². The molecule has 0 aliphatic carbocycles. The number of aromatic nitrogens is 1. The van der Waals surface area contributed by atoms with Crippen molar-refractivity contribution in [3.8, 4) is 5.19 Å². The van der Waals surface area contributed by atoms with E-state index >= 15 is 0 Å². The van der Waals surface area contributed by atoms with Crippen molar-refractivity contribution >= 4 is 34.9 Å². The topological polar surface area (TPSA) is 92.4 Å². The van der Waals surface area contributed by atoms with Crippen molar-refractivity contribution in [1.29, 1.82) is 0 Å². The van der Waals surface area contributed by atoms with Crippen molar-refractivity contribution in [3.63, 3.8) is 0 Å². The third-order valence-corrected chi connectivity index (χ3v) is 5.03. The van der Waals surface area contributed by atoms with E-state index < -0.39 is 52.5 Å². The number of nitrogens with one attached hydrogen (secondary N) is 3. The lowest BCUT2D eigenvalue weighted by molar-refractivity contribution is -0.122. The van der Waals surface area contributed by atoms with E-state index in [0.29, 0.717) is 11.3 Å². The van der Waals surface area contributed by atoms with Crippen LogP contribution >= 0.6 is 22.9 Å². The zero-order valence-corrected chi connectivity index (χ0v) is 15.2. The molecule has 3 amide bonds. The first kappa shape index (κ1) is 20.1. The van der Waals surface area contributed by atoms with Crippen molar-refractivity contribution in [3.05, 3.63) is 45.4 Å². The van der Waals surface area contributed by atoms with Gasteiger partial charge in [-0.25, -0.2) is 18.6 Å². The summed E-state index contributed by atoms with van der Waals surface area (Å²) < 4.78 is 57.0. The average molecular weight is 439 g/mol. The number of hydrogen-bond acceptors (Lipinski definition) is 5. The quantitative estimate of drug-likeness (QED) is 0.477. The molecule has 2 atom stereocenters. The van der Waals surface area contributed by atoms with E-state index in [2.05, 4.69) is 25.7 Å². The van der Waals surface area contributed by atoms with Gasteiger partial charge in [0.05, 0.1) is 10.9 Å². The van der Waals surface area contributed by atoms with E-state index in [4.69, 9.17) is 11.6 Å². The summed E-state index contributed by atoms with van der Waals surface area (Å²) in [5.74, 6) is -2.83. The largest absolute Gasteiger partial charge is 0.408 e. The first-order valence-corrected chi connectivity index (χ1v) is 8.84. The molecule has 1 unspecified atom stereocenters. The highest BCUT2D eigenvalue weighted by molar-refractivity contribution is 7.13. The second-order valence-electron chi connectivity index (χ2n) is 5.52. The molecule has 0 bridgehead atoms. The second kappa shape index (κ2) is 8.19. The van der Waals surface area contributed by atoms with Gasteiger partial charge < -0.3 is 20.7 Å². The smallest absolute Gasteiger partial charge is 0.389 e. The number of urea groups is 1. The van der Waals surface area contributed by atoms with E-state index in [9.17, 15) is 27.2 Å². The fourth-order valence-corrected chi connectivity index (χ4v) is 3.47. The van der Waals surface area contributed by atoms with Gasteiger partial charge >= 0.3 is 12.6 Å². The zero-order valence-electron chi connectivity index (χ0n) is 13.6. The molecule has 28 heavy (non-hydrogen) atoms. The lowest BCUT2D eigenvalue weighted by Crippen LogP contribution is -2.44. The lowest BCUT2D eigenvalue weighted by atomic mass is 10.0. The number of nitrogens with zero attached hydrogens (tertiary/aromatic N) is 1. The normalized spacial score (nSPS) is 17.2. The van der Waals surface area contributed by atoms with E-state index in [1.807, 2.05) is 0 Å². The standard InChI is InChI=1S/C15H11ClF4N4O3S/c16-9-6(17)2-1-5(10(9)18)11(8-4-22-15(28-8)27-13(19)20)24-12(25)7-3-21-14(26)23-7/h1-2,4,7,11,13H,3H2,(H,24,25)(H2,21,23,26)/t7?,11-/m1/s1. The van der Waals surface area contributed by atoms with E-state index in [1.165, 1.54) is 0 Å². The summed E-state index contributed by atoms with van der Waals surface area (Å²) in [5, 5.41) is 6.02. The maximum Gasteiger partial charge on any atom is 0.389 e. The molecule has 0 spiro atoms. The fraction of sp³-hybridized carbons (Fsp3) is 0.267. The number of benzene rings is 1. The Morgan fingerprint density at radius 1 is 1.39 bits per heavy atom. The van der Waals surface area contributed by atoms with E-state index in [-0.39, 0.29) is 17.0 Å². The molecule has 150 valence electrons. The number of amides is 3. The van der Waals surface area contributed by atoms with Gasteiger partial charge in [0.2, 0.25) is 5.91 Å². The highest BCUT2D eigenvalue weighted by atomic mass is 35.5. The van der Waals surface area contributed by atoms with Crippen LogP contribution in [0.2, 0.25) is 5.02 Å². The van der Waals surface area contributed by atoms with Crippen molar-refractivity contribution in [1.82, 2.24) is 20.9 Å². The molecule has 1 aliphatic heterocycles. The first-order chi connectivity index (χ1) is 13.3. The summed E-state index contributed by atoms with van der Waals surface area (Å²) in [7, 11) is 0. The first-order valence-electron chi connectivity index (χ1n) is 7.65. The summed E-state index contributed by atoms with van der Waals surface area (Å²) >= 11 is 6.24. The third-order valence-electron chi connectivity index (χ3n) is 3.73. The van der Waals surface area contributed by atoms with Crippen molar-refractivity contribution in [2.45, 2.75) is 18.7 Å². The SMILES string of the molecule is O=C1NCC(C(=O)N[C@@H](c2cnc(OC(F)F)s2)c2ccc(F)c(Cl)c2F)N1. The molecule has 3 rings (SSSR count). The van der Waals surface area contributed by atoms with Gasteiger partial charge in [-0.2, -0.15) is 8.78 Å². The van der Waals surface area contributed by atoms with Gasteiger partial charge in [-0.1, -0.05) is 29.0 Å². The molecular formula is C15H11ClF4N4O3S. The molecular weight excluding hydrogens is 428 g/mol. The predicted molar refractivity (Wildman–Crippen MR) is 90.4 cm³/mol. The lowest BCUT2D eigenvalue weighted by Gasteiger charge is -2.20. The number of halogens is 5. The second-order valence-corrected chi connectivity index (χ2v) is 6.92. The Balaban J connectivity index is 1.94. The minimum Gasteiger partial charge on any atom is -0.408 e. The van der Waals surface area contributed by atoms with Crippen LogP contribution in [0.15, 0.2) is 18.3 Å². The fourth-order valence-electron chi connectivity index (χ4n) is 2.46. The number of carbonyl (C=O) groups is 2. The summed E-state index contributed by atoms with van der Waals surface area (Å²) in [6.07, 6.45) is 1.11. The molecule has 2 heterocycles. The molecule has 3 N–H and O–H groups in total. The van der Waals surface area contributed by atoms with Gasteiger partial charge in [-0.05, 0) is 6.07 Å². The third kappa shape index (κ3) is 4.28. The molecule has 13 heteroatoms. The zero-order chi connectivity index (χ0) is 20.4. The highest BCUT2D eigenvalue weighted by Gasteiger charge is 2.31. The molecule has 1 saturated heterocycles. The minimum absolute atomic E-state index is 0.00746. The Kier molecular flexibility index (Phi) is 5.89. The molecule has 1 aromatic carbocycles. The molecule has 0 saturated carbocycles. The molecule has 2 aromatic rings. The number of ether oxygens (including phenoxy) is 1. The predicted octanol–water partition coefficient (Wildman–Crippen LogP) is 2.56. The van der Waals surface area contributed by atoms with E-state index in [0.717, 1.165) is 18.3 Å². The van der Waals surface area contributed by atoms with Crippen LogP contribution in [0.3, 0.4) is 0 Å². The monoisotopic (exact) mass is 438 g/mol. The maximum absolute atomic E-state index is 14.5. The average Bonchev–Trinajstić information content (AvgIpc) is 3.27. The number of rotatable bonds is 6. The Labute approximate surface area is 164 Å². The number of carbonyl (C=O) groups excluding carboxylic acids is 2. The molecule has 7 nitrogen and oxygen atoms in total. The Morgan fingerprint density at radius 2 is 2.14 bits per heavy atom.